The second-order valence-corrected chi connectivity index (χ2v) is 6.61. The van der Waals surface area contributed by atoms with Crippen molar-refractivity contribution < 1.29 is 4.74 Å². The standard InChI is InChI=1S/C18H25N5O/c1-2-17-20-7-9-23(17)18-13-19-12-15(21-18)16-4-3-8-22(16)14-5-10-24-11-6-14/h7,9,12-14,16H,2-6,8,10-11H2,1H3/t16-/m1/s1. The Morgan fingerprint density at radius 1 is 1.21 bits per heavy atom. The first kappa shape index (κ1) is 15.7. The van der Waals surface area contributed by atoms with Gasteiger partial charge in [0.25, 0.3) is 0 Å². The van der Waals surface area contributed by atoms with Gasteiger partial charge in [-0.3, -0.25) is 14.5 Å². The molecule has 128 valence electrons. The number of ether oxygens (including phenoxy) is 1. The van der Waals surface area contributed by atoms with Crippen molar-refractivity contribution in [3.05, 3.63) is 36.3 Å². The van der Waals surface area contributed by atoms with Crippen LogP contribution in [0.25, 0.3) is 5.82 Å². The third kappa shape index (κ3) is 2.96. The van der Waals surface area contributed by atoms with E-state index < -0.39 is 0 Å². The zero-order valence-corrected chi connectivity index (χ0v) is 14.3. The van der Waals surface area contributed by atoms with Gasteiger partial charge in [-0.15, -0.1) is 0 Å². The monoisotopic (exact) mass is 327 g/mol. The van der Waals surface area contributed by atoms with Crippen LogP contribution in [0.5, 0.6) is 0 Å². The number of imidazole rings is 1. The van der Waals surface area contributed by atoms with Gasteiger partial charge in [0.05, 0.1) is 24.1 Å². The molecule has 0 radical (unpaired) electrons. The van der Waals surface area contributed by atoms with Gasteiger partial charge in [0, 0.05) is 38.1 Å². The van der Waals surface area contributed by atoms with E-state index in [1.165, 1.54) is 12.8 Å². The SMILES string of the molecule is CCc1nccn1-c1cncc([C@H]2CCCN2C2CCOCC2)n1. The van der Waals surface area contributed by atoms with E-state index in [1.807, 2.05) is 29.4 Å². The average molecular weight is 327 g/mol. The maximum Gasteiger partial charge on any atom is 0.156 e. The van der Waals surface area contributed by atoms with Crippen LogP contribution < -0.4 is 0 Å². The average Bonchev–Trinajstić information content (AvgIpc) is 3.31. The van der Waals surface area contributed by atoms with Crippen molar-refractivity contribution >= 4 is 0 Å². The molecule has 2 aromatic rings. The number of hydrogen-bond donors (Lipinski definition) is 0. The highest BCUT2D eigenvalue weighted by Crippen LogP contribution is 2.35. The molecule has 2 aromatic heterocycles. The molecule has 0 spiro atoms. The molecule has 2 aliphatic heterocycles. The molecule has 0 aromatic carbocycles. The predicted molar refractivity (Wildman–Crippen MR) is 91.1 cm³/mol. The number of likely N-dealkylation sites (tertiary alicyclic amines) is 1. The molecule has 1 atom stereocenters. The Balaban J connectivity index is 1.60. The smallest absolute Gasteiger partial charge is 0.156 e. The molecule has 0 N–H and O–H groups in total. The molecule has 6 heteroatoms. The van der Waals surface area contributed by atoms with Crippen LogP contribution in [0.3, 0.4) is 0 Å². The van der Waals surface area contributed by atoms with E-state index in [4.69, 9.17) is 9.72 Å². The summed E-state index contributed by atoms with van der Waals surface area (Å²) in [6.45, 7) is 5.04. The van der Waals surface area contributed by atoms with E-state index in [-0.39, 0.29) is 0 Å². The molecule has 0 amide bonds. The van der Waals surface area contributed by atoms with Gasteiger partial charge in [-0.05, 0) is 32.2 Å². The number of nitrogens with zero attached hydrogens (tertiary/aromatic N) is 5. The number of aromatic nitrogens is 4. The minimum absolute atomic E-state index is 0.383. The molecule has 6 nitrogen and oxygen atoms in total. The molecule has 0 aliphatic carbocycles. The van der Waals surface area contributed by atoms with Crippen LogP contribution in [0, 0.1) is 0 Å². The van der Waals surface area contributed by atoms with Gasteiger partial charge >= 0.3 is 0 Å². The number of aryl methyl sites for hydroxylation is 1. The molecular weight excluding hydrogens is 302 g/mol. The summed E-state index contributed by atoms with van der Waals surface area (Å²) >= 11 is 0. The van der Waals surface area contributed by atoms with E-state index in [0.29, 0.717) is 12.1 Å². The van der Waals surface area contributed by atoms with Crippen molar-refractivity contribution in [3.8, 4) is 5.82 Å². The number of rotatable bonds is 4. The molecule has 0 saturated carbocycles. The van der Waals surface area contributed by atoms with Crippen molar-refractivity contribution in [2.75, 3.05) is 19.8 Å². The summed E-state index contributed by atoms with van der Waals surface area (Å²) in [5, 5.41) is 0. The molecule has 0 unspecified atom stereocenters. The first-order valence-electron chi connectivity index (χ1n) is 9.05. The van der Waals surface area contributed by atoms with Crippen LogP contribution in [0.4, 0.5) is 0 Å². The summed E-state index contributed by atoms with van der Waals surface area (Å²) in [4.78, 5) is 16.4. The van der Waals surface area contributed by atoms with E-state index in [9.17, 15) is 0 Å². The van der Waals surface area contributed by atoms with Crippen molar-refractivity contribution in [3.63, 3.8) is 0 Å². The quantitative estimate of drug-likeness (QED) is 0.864. The minimum atomic E-state index is 0.383. The Bertz CT molecular complexity index is 680. The third-order valence-electron chi connectivity index (χ3n) is 5.22. The van der Waals surface area contributed by atoms with Crippen molar-refractivity contribution in [1.82, 2.24) is 24.4 Å². The topological polar surface area (TPSA) is 56.1 Å². The van der Waals surface area contributed by atoms with Gasteiger partial charge in [0.1, 0.15) is 5.82 Å². The molecule has 2 fully saturated rings. The van der Waals surface area contributed by atoms with E-state index in [0.717, 1.165) is 56.4 Å². The van der Waals surface area contributed by atoms with Crippen LogP contribution in [0.15, 0.2) is 24.8 Å². The predicted octanol–water partition coefficient (Wildman–Crippen LogP) is 2.54. The second-order valence-electron chi connectivity index (χ2n) is 6.61. The van der Waals surface area contributed by atoms with Crippen LogP contribution in [-0.4, -0.2) is 50.2 Å². The van der Waals surface area contributed by atoms with Crippen molar-refractivity contribution in [2.45, 2.75) is 51.1 Å². The lowest BCUT2D eigenvalue weighted by Gasteiger charge is -2.35. The lowest BCUT2D eigenvalue weighted by Crippen LogP contribution is -2.39. The minimum Gasteiger partial charge on any atom is -0.381 e. The molecule has 0 bridgehead atoms. The van der Waals surface area contributed by atoms with Crippen LogP contribution >= 0.6 is 0 Å². The summed E-state index contributed by atoms with van der Waals surface area (Å²) in [6.07, 6.45) is 13.1. The Morgan fingerprint density at radius 2 is 2.08 bits per heavy atom. The maximum absolute atomic E-state index is 5.53. The molecular formula is C18H25N5O. The zero-order chi connectivity index (χ0) is 16.4. The Labute approximate surface area is 142 Å². The van der Waals surface area contributed by atoms with Gasteiger partial charge in [-0.1, -0.05) is 6.92 Å². The van der Waals surface area contributed by atoms with Crippen molar-refractivity contribution in [2.24, 2.45) is 0 Å². The second kappa shape index (κ2) is 6.99. The highest BCUT2D eigenvalue weighted by atomic mass is 16.5. The molecule has 4 rings (SSSR count). The lowest BCUT2D eigenvalue weighted by atomic mass is 10.0. The summed E-state index contributed by atoms with van der Waals surface area (Å²) in [6, 6.07) is 1.00. The van der Waals surface area contributed by atoms with Crippen molar-refractivity contribution in [1.29, 1.82) is 0 Å². The highest BCUT2D eigenvalue weighted by molar-refractivity contribution is 5.24. The normalized spacial score (nSPS) is 23.0. The summed E-state index contributed by atoms with van der Waals surface area (Å²) in [5.41, 5.74) is 1.09. The molecule has 2 aliphatic rings. The molecule has 4 heterocycles. The summed E-state index contributed by atoms with van der Waals surface area (Å²) in [7, 11) is 0. The van der Waals surface area contributed by atoms with Gasteiger partial charge in [0.15, 0.2) is 5.82 Å². The first-order valence-corrected chi connectivity index (χ1v) is 9.05. The zero-order valence-electron chi connectivity index (χ0n) is 14.3. The van der Waals surface area contributed by atoms with E-state index in [1.54, 1.807) is 0 Å². The van der Waals surface area contributed by atoms with Gasteiger partial charge in [0.2, 0.25) is 0 Å². The van der Waals surface area contributed by atoms with Crippen LogP contribution in [0.2, 0.25) is 0 Å². The molecule has 2 saturated heterocycles. The fourth-order valence-electron chi connectivity index (χ4n) is 4.01. The first-order chi connectivity index (χ1) is 11.9. The summed E-state index contributed by atoms with van der Waals surface area (Å²) in [5.74, 6) is 1.90. The highest BCUT2D eigenvalue weighted by Gasteiger charge is 2.33. The van der Waals surface area contributed by atoms with Gasteiger partial charge < -0.3 is 4.74 Å². The Kier molecular flexibility index (Phi) is 4.58. The summed E-state index contributed by atoms with van der Waals surface area (Å²) < 4.78 is 7.57. The van der Waals surface area contributed by atoms with Gasteiger partial charge in [-0.2, -0.15) is 0 Å². The van der Waals surface area contributed by atoms with E-state index >= 15 is 0 Å². The fourth-order valence-corrected chi connectivity index (χ4v) is 4.01. The fraction of sp³-hybridized carbons (Fsp3) is 0.611. The number of hydrogen-bond acceptors (Lipinski definition) is 5. The van der Waals surface area contributed by atoms with E-state index in [2.05, 4.69) is 21.8 Å². The largest absolute Gasteiger partial charge is 0.381 e. The van der Waals surface area contributed by atoms with Gasteiger partial charge in [-0.25, -0.2) is 9.97 Å². The Hall–Kier alpha value is -1.79. The third-order valence-corrected chi connectivity index (χ3v) is 5.22. The Morgan fingerprint density at radius 3 is 2.92 bits per heavy atom. The van der Waals surface area contributed by atoms with Crippen LogP contribution in [-0.2, 0) is 11.2 Å². The van der Waals surface area contributed by atoms with Crippen LogP contribution in [0.1, 0.15) is 50.2 Å². The lowest BCUT2D eigenvalue weighted by molar-refractivity contribution is 0.0284. The maximum atomic E-state index is 5.53. The molecule has 24 heavy (non-hydrogen) atoms.